The first-order valence-electron chi connectivity index (χ1n) is 10.8. The van der Waals surface area contributed by atoms with Gasteiger partial charge in [0.05, 0.1) is 22.1 Å². The monoisotopic (exact) mass is 508 g/mol. The normalized spacial score (nSPS) is 17.9. The molecule has 5 rings (SSSR count). The Balaban J connectivity index is 1.48. The van der Waals surface area contributed by atoms with Gasteiger partial charge >= 0.3 is 12.2 Å². The minimum atomic E-state index is -4.63. The number of urea groups is 1. The predicted molar refractivity (Wildman–Crippen MR) is 123 cm³/mol. The number of aryl methyl sites for hydroxylation is 1. The quantitative estimate of drug-likeness (QED) is 0.497. The van der Waals surface area contributed by atoms with Gasteiger partial charge in [-0.25, -0.2) is 14.8 Å². The summed E-state index contributed by atoms with van der Waals surface area (Å²) in [6.45, 7) is 3.80. The van der Waals surface area contributed by atoms with E-state index < -0.39 is 29.9 Å². The molecule has 14 heteroatoms. The number of anilines is 3. The molecule has 2 aliphatic rings. The SMILES string of the molecule is Cc1ccc2c(NC(=O)N3c4nc(C(=O)N[C@H](C)C(F)(F)F)c(Cl)cc4N4CC[C@H]3C4)n[nH]c2n1. The first-order chi connectivity index (χ1) is 16.5. The summed E-state index contributed by atoms with van der Waals surface area (Å²) >= 11 is 6.24. The van der Waals surface area contributed by atoms with Crippen LogP contribution >= 0.6 is 11.6 Å². The third kappa shape index (κ3) is 4.09. The molecule has 2 atom stereocenters. The molecule has 0 aliphatic carbocycles. The minimum absolute atomic E-state index is 0.110. The Morgan fingerprint density at radius 1 is 1.29 bits per heavy atom. The smallest absolute Gasteiger partial charge is 0.366 e. The Hall–Kier alpha value is -3.61. The second kappa shape index (κ2) is 8.26. The van der Waals surface area contributed by atoms with E-state index in [1.165, 1.54) is 11.0 Å². The van der Waals surface area contributed by atoms with Crippen LogP contribution in [0, 0.1) is 6.92 Å². The van der Waals surface area contributed by atoms with Crippen LogP contribution in [0.1, 0.15) is 29.5 Å². The summed E-state index contributed by atoms with van der Waals surface area (Å²) in [6, 6.07) is 2.11. The van der Waals surface area contributed by atoms with Gasteiger partial charge in [-0.2, -0.15) is 18.3 Å². The molecule has 184 valence electrons. The van der Waals surface area contributed by atoms with Gasteiger partial charge < -0.3 is 10.2 Å². The van der Waals surface area contributed by atoms with Crippen LogP contribution in [0.3, 0.4) is 0 Å². The maximum absolute atomic E-state index is 13.4. The molecule has 35 heavy (non-hydrogen) atoms. The third-order valence-electron chi connectivity index (χ3n) is 6.09. The number of fused-ring (bicyclic) bond motifs is 5. The van der Waals surface area contributed by atoms with E-state index in [-0.39, 0.29) is 22.7 Å². The largest absolute Gasteiger partial charge is 0.408 e. The zero-order valence-electron chi connectivity index (χ0n) is 18.6. The van der Waals surface area contributed by atoms with Crippen molar-refractivity contribution < 1.29 is 22.8 Å². The highest BCUT2D eigenvalue weighted by molar-refractivity contribution is 6.34. The maximum Gasteiger partial charge on any atom is 0.408 e. The van der Waals surface area contributed by atoms with E-state index in [1.807, 2.05) is 17.1 Å². The highest BCUT2D eigenvalue weighted by atomic mass is 35.5. The molecular formula is C21H20ClF3N8O2. The lowest BCUT2D eigenvalue weighted by molar-refractivity contribution is -0.149. The number of carbonyl (C=O) groups is 2. The number of nitrogens with one attached hydrogen (secondary N) is 3. The van der Waals surface area contributed by atoms with Crippen molar-refractivity contribution in [2.75, 3.05) is 28.2 Å². The maximum atomic E-state index is 13.4. The molecule has 0 spiro atoms. The van der Waals surface area contributed by atoms with Crippen LogP contribution in [-0.2, 0) is 0 Å². The van der Waals surface area contributed by atoms with Gasteiger partial charge in [-0.15, -0.1) is 0 Å². The second-order valence-electron chi connectivity index (χ2n) is 8.51. The molecule has 3 amide bonds. The van der Waals surface area contributed by atoms with E-state index in [1.54, 1.807) is 12.1 Å². The van der Waals surface area contributed by atoms with Gasteiger partial charge in [-0.3, -0.25) is 20.1 Å². The number of halogens is 4. The topological polar surface area (TPSA) is 119 Å². The van der Waals surface area contributed by atoms with Gasteiger partial charge in [0, 0.05) is 18.8 Å². The first kappa shape index (κ1) is 23.1. The average molecular weight is 509 g/mol. The molecule has 0 radical (unpaired) electrons. The molecule has 3 N–H and O–H groups in total. The third-order valence-corrected chi connectivity index (χ3v) is 6.38. The summed E-state index contributed by atoms with van der Waals surface area (Å²) < 4.78 is 38.8. The number of pyridine rings is 2. The molecule has 0 unspecified atom stereocenters. The van der Waals surface area contributed by atoms with Crippen molar-refractivity contribution in [1.29, 1.82) is 0 Å². The molecule has 2 aliphatic heterocycles. The van der Waals surface area contributed by atoms with Crippen LogP contribution in [0.4, 0.5) is 35.3 Å². The van der Waals surface area contributed by atoms with Crippen LogP contribution in [0.5, 0.6) is 0 Å². The summed E-state index contributed by atoms with van der Waals surface area (Å²) in [5, 5.41) is 12.0. The van der Waals surface area contributed by atoms with E-state index >= 15 is 0 Å². The molecule has 2 bridgehead atoms. The highest BCUT2D eigenvalue weighted by Crippen LogP contribution is 2.41. The Labute approximate surface area is 201 Å². The molecule has 0 aromatic carbocycles. The summed E-state index contributed by atoms with van der Waals surface area (Å²) in [5.41, 5.74) is 1.41. The summed E-state index contributed by atoms with van der Waals surface area (Å²) in [6.07, 6.45) is -4.00. The van der Waals surface area contributed by atoms with E-state index in [0.717, 1.165) is 12.6 Å². The Morgan fingerprint density at radius 3 is 2.80 bits per heavy atom. The second-order valence-corrected chi connectivity index (χ2v) is 8.92. The summed E-state index contributed by atoms with van der Waals surface area (Å²) in [7, 11) is 0. The highest BCUT2D eigenvalue weighted by Gasteiger charge is 2.42. The summed E-state index contributed by atoms with van der Waals surface area (Å²) in [4.78, 5) is 38.0. The molecule has 0 saturated carbocycles. The minimum Gasteiger partial charge on any atom is -0.366 e. The number of hydrogen-bond acceptors (Lipinski definition) is 6. The lowest BCUT2D eigenvalue weighted by Gasteiger charge is -2.36. The number of aromatic nitrogens is 4. The zero-order chi connectivity index (χ0) is 25.1. The van der Waals surface area contributed by atoms with E-state index in [0.29, 0.717) is 36.2 Å². The number of nitrogens with zero attached hydrogens (tertiary/aromatic N) is 5. The molecule has 10 nitrogen and oxygen atoms in total. The van der Waals surface area contributed by atoms with Gasteiger partial charge in [0.25, 0.3) is 5.91 Å². The van der Waals surface area contributed by atoms with Crippen LogP contribution in [-0.4, -0.2) is 63.5 Å². The first-order valence-corrected chi connectivity index (χ1v) is 11.2. The van der Waals surface area contributed by atoms with Crippen LogP contribution < -0.4 is 20.4 Å². The van der Waals surface area contributed by atoms with Gasteiger partial charge in [0.15, 0.2) is 17.3 Å². The van der Waals surface area contributed by atoms with Crippen molar-refractivity contribution >= 4 is 51.9 Å². The van der Waals surface area contributed by atoms with Crippen molar-refractivity contribution in [3.05, 3.63) is 34.6 Å². The van der Waals surface area contributed by atoms with Crippen molar-refractivity contribution in [2.45, 2.75) is 38.5 Å². The van der Waals surface area contributed by atoms with Crippen LogP contribution in [0.15, 0.2) is 18.2 Å². The van der Waals surface area contributed by atoms with Gasteiger partial charge in [-0.05, 0) is 38.5 Å². The molecule has 5 heterocycles. The molecule has 1 fully saturated rings. The van der Waals surface area contributed by atoms with Crippen molar-refractivity contribution in [1.82, 2.24) is 25.5 Å². The average Bonchev–Trinajstić information content (AvgIpc) is 3.38. The van der Waals surface area contributed by atoms with E-state index in [4.69, 9.17) is 11.6 Å². The fraction of sp³-hybridized carbons (Fsp3) is 0.381. The lowest BCUT2D eigenvalue weighted by Crippen LogP contribution is -2.49. The molecule has 1 saturated heterocycles. The predicted octanol–water partition coefficient (Wildman–Crippen LogP) is 3.63. The lowest BCUT2D eigenvalue weighted by atomic mass is 10.1. The number of alkyl halides is 3. The Bertz CT molecular complexity index is 1340. The van der Waals surface area contributed by atoms with E-state index in [2.05, 4.69) is 25.5 Å². The molecular weight excluding hydrogens is 489 g/mol. The number of carbonyl (C=O) groups excluding carboxylic acids is 2. The Kier molecular flexibility index (Phi) is 5.46. The van der Waals surface area contributed by atoms with Crippen molar-refractivity contribution in [3.8, 4) is 0 Å². The standard InChI is InChI=1S/C21H20ClF3N8O2/c1-9-3-4-12-16(26-9)30-31-17(12)29-20(35)33-11-5-6-32(8-11)14-7-13(22)15(28-18(14)33)19(34)27-10(2)21(23,24)25/h3-4,7,10-11H,5-6,8H2,1-2H3,(H,27,34)(H2,26,29,30,31,35)/t10-,11+/m1/s1. The van der Waals surface area contributed by atoms with Crippen LogP contribution in [0.2, 0.25) is 5.02 Å². The fourth-order valence-corrected chi connectivity index (χ4v) is 4.48. The number of hydrogen-bond donors (Lipinski definition) is 3. The number of rotatable bonds is 3. The fourth-order valence-electron chi connectivity index (χ4n) is 4.25. The van der Waals surface area contributed by atoms with E-state index in [9.17, 15) is 22.8 Å². The summed E-state index contributed by atoms with van der Waals surface area (Å²) in [5.74, 6) is -0.680. The van der Waals surface area contributed by atoms with Gasteiger partial charge in [0.2, 0.25) is 0 Å². The van der Waals surface area contributed by atoms with Crippen LogP contribution in [0.25, 0.3) is 11.0 Å². The van der Waals surface area contributed by atoms with Crippen molar-refractivity contribution in [3.63, 3.8) is 0 Å². The molecule has 3 aromatic rings. The van der Waals surface area contributed by atoms with Gasteiger partial charge in [0.1, 0.15) is 11.7 Å². The van der Waals surface area contributed by atoms with Gasteiger partial charge in [-0.1, -0.05) is 11.6 Å². The number of aromatic amines is 1. The number of H-pyrrole nitrogens is 1. The molecule has 3 aromatic heterocycles. The number of amides is 3. The van der Waals surface area contributed by atoms with Crippen molar-refractivity contribution in [2.24, 2.45) is 0 Å². The Morgan fingerprint density at radius 2 is 2.06 bits per heavy atom. The zero-order valence-corrected chi connectivity index (χ0v) is 19.3.